The van der Waals surface area contributed by atoms with Gasteiger partial charge in [-0.2, -0.15) is 0 Å². The van der Waals surface area contributed by atoms with Gasteiger partial charge in [0.15, 0.2) is 0 Å². The predicted octanol–water partition coefficient (Wildman–Crippen LogP) is 0.154. The first kappa shape index (κ1) is 13.9. The average molecular weight is 260 g/mol. The largest absolute Gasteiger partial charge is 0.799 e. The number of hydrogen-bond acceptors (Lipinski definition) is 4. The first-order valence-electron chi connectivity index (χ1n) is 5.06. The molecule has 0 fully saturated rings. The van der Waals surface area contributed by atoms with E-state index in [1.54, 1.807) is 0 Å². The molecule has 0 radical (unpaired) electrons. The summed E-state index contributed by atoms with van der Waals surface area (Å²) in [7, 11) is -2.31. The molecular formula is C11H17O3PS. The molecule has 0 aliphatic heterocycles. The summed E-state index contributed by atoms with van der Waals surface area (Å²) in [5.74, 6) is 0. The number of aryl methyl sites for hydroxylation is 1. The maximum Gasteiger partial charge on any atom is 0.107 e. The van der Waals surface area contributed by atoms with E-state index in [2.05, 4.69) is 12.6 Å². The monoisotopic (exact) mass is 260 g/mol. The zero-order chi connectivity index (χ0) is 12.2. The van der Waals surface area contributed by atoms with Gasteiger partial charge in [0.05, 0.1) is 25.3 Å². The van der Waals surface area contributed by atoms with Crippen molar-refractivity contribution >= 4 is 25.2 Å². The van der Waals surface area contributed by atoms with Crippen molar-refractivity contribution in [2.24, 2.45) is 0 Å². The number of rotatable bonds is 5. The normalized spacial score (nSPS) is 16.8. The Hall–Kier alpha value is -0.120. The lowest BCUT2D eigenvalue weighted by atomic mass is 10.2. The van der Waals surface area contributed by atoms with Crippen molar-refractivity contribution in [1.29, 1.82) is 0 Å². The highest BCUT2D eigenvalue weighted by atomic mass is 32.1. The Morgan fingerprint density at radius 2 is 1.94 bits per heavy atom. The van der Waals surface area contributed by atoms with Crippen LogP contribution in [0.4, 0.5) is 0 Å². The van der Waals surface area contributed by atoms with Crippen molar-refractivity contribution < 1.29 is 15.3 Å². The number of hydrogen-bond donors (Lipinski definition) is 3. The van der Waals surface area contributed by atoms with Crippen molar-refractivity contribution in [3.8, 4) is 0 Å². The van der Waals surface area contributed by atoms with Crippen LogP contribution in [0.3, 0.4) is 0 Å². The molecule has 0 saturated carbocycles. The minimum absolute atomic E-state index is 0.0957. The quantitative estimate of drug-likeness (QED) is 0.401. The van der Waals surface area contributed by atoms with Crippen molar-refractivity contribution in [1.82, 2.24) is 0 Å². The summed E-state index contributed by atoms with van der Waals surface area (Å²) in [5.41, 5.74) is 1.42. The first-order chi connectivity index (χ1) is 7.56. The SMILES string of the molecule is Cc1ccc([P+](CS)(CCO)C([O-])O)cc1. The Kier molecular flexibility index (Phi) is 5.22. The van der Waals surface area contributed by atoms with E-state index in [-0.39, 0.29) is 6.61 Å². The van der Waals surface area contributed by atoms with Crippen LogP contribution in [0.25, 0.3) is 0 Å². The molecule has 16 heavy (non-hydrogen) atoms. The summed E-state index contributed by atoms with van der Waals surface area (Å²) in [6.07, 6.45) is 0.324. The maximum atomic E-state index is 11.5. The fourth-order valence-corrected chi connectivity index (χ4v) is 5.22. The number of benzene rings is 1. The summed E-state index contributed by atoms with van der Waals surface area (Å²) < 4.78 is 0. The second-order valence-electron chi connectivity index (χ2n) is 3.78. The summed E-state index contributed by atoms with van der Waals surface area (Å²) in [5, 5.41) is 30.8. The molecule has 1 rings (SSSR count). The van der Waals surface area contributed by atoms with Crippen LogP contribution in [0.1, 0.15) is 5.56 Å². The van der Waals surface area contributed by atoms with Gasteiger partial charge in [0.25, 0.3) is 0 Å². The van der Waals surface area contributed by atoms with Crippen LogP contribution in [-0.2, 0) is 0 Å². The van der Waals surface area contributed by atoms with Gasteiger partial charge in [-0.25, -0.2) is 0 Å². The number of thiol groups is 1. The Morgan fingerprint density at radius 1 is 1.38 bits per heavy atom. The fraction of sp³-hybridized carbons (Fsp3) is 0.455. The molecule has 1 aromatic carbocycles. The molecule has 0 amide bonds. The lowest BCUT2D eigenvalue weighted by Crippen LogP contribution is -2.36. The summed E-state index contributed by atoms with van der Waals surface area (Å²) in [4.78, 5) is 0. The van der Waals surface area contributed by atoms with Crippen molar-refractivity contribution in [3.63, 3.8) is 0 Å². The van der Waals surface area contributed by atoms with Crippen LogP contribution >= 0.6 is 19.9 Å². The molecule has 0 aliphatic rings. The molecule has 2 N–H and O–H groups in total. The topological polar surface area (TPSA) is 63.5 Å². The van der Waals surface area contributed by atoms with Crippen molar-refractivity contribution in [2.75, 3.05) is 18.3 Å². The average Bonchev–Trinajstić information content (AvgIpc) is 2.27. The van der Waals surface area contributed by atoms with Crippen molar-refractivity contribution in [2.45, 2.75) is 13.0 Å². The molecule has 0 heterocycles. The smallest absolute Gasteiger partial charge is 0.107 e. The van der Waals surface area contributed by atoms with Crippen LogP contribution < -0.4 is 10.4 Å². The van der Waals surface area contributed by atoms with Crippen LogP contribution in [0.5, 0.6) is 0 Å². The van der Waals surface area contributed by atoms with Gasteiger partial charge in [0.2, 0.25) is 0 Å². The Morgan fingerprint density at radius 3 is 2.31 bits per heavy atom. The molecule has 2 unspecified atom stereocenters. The van der Waals surface area contributed by atoms with Gasteiger partial charge in [0.1, 0.15) is 11.5 Å². The molecule has 0 spiro atoms. The highest BCUT2D eigenvalue weighted by molar-refractivity contribution is 7.98. The zero-order valence-corrected chi connectivity index (χ0v) is 11.0. The van der Waals surface area contributed by atoms with Crippen LogP contribution in [-0.4, -0.2) is 34.5 Å². The summed E-state index contributed by atoms with van der Waals surface area (Å²) in [6.45, 7) is 1.87. The van der Waals surface area contributed by atoms with Gasteiger partial charge in [-0.05, 0) is 19.1 Å². The van der Waals surface area contributed by atoms with E-state index < -0.39 is 13.3 Å². The molecule has 1 aromatic rings. The second-order valence-corrected chi connectivity index (χ2v) is 8.39. The third-order valence-corrected chi connectivity index (χ3v) is 7.91. The van der Waals surface area contributed by atoms with E-state index in [0.717, 1.165) is 10.9 Å². The van der Waals surface area contributed by atoms with Crippen molar-refractivity contribution in [3.05, 3.63) is 29.8 Å². The molecule has 0 aromatic heterocycles. The summed E-state index contributed by atoms with van der Waals surface area (Å²) in [6, 6.07) is 5.87. The van der Waals surface area contributed by atoms with Crippen LogP contribution in [0.15, 0.2) is 24.3 Å². The molecular weight excluding hydrogens is 243 g/mol. The standard InChI is InChI=1S/C11H17O3PS/c1-9-2-4-10(5-3-9)15(8-16,7-6-12)11(13)14/h2-5,11-13,16H,6-8H2,1H3. The predicted molar refractivity (Wildman–Crippen MR) is 69.5 cm³/mol. The van der Waals surface area contributed by atoms with Gasteiger partial charge in [-0.15, -0.1) is 12.6 Å². The van der Waals surface area contributed by atoms with Crippen LogP contribution in [0, 0.1) is 6.92 Å². The molecule has 0 saturated heterocycles. The van der Waals surface area contributed by atoms with E-state index in [1.165, 1.54) is 0 Å². The Labute approximate surface area is 102 Å². The van der Waals surface area contributed by atoms with E-state index >= 15 is 0 Å². The zero-order valence-electron chi connectivity index (χ0n) is 9.21. The third kappa shape index (κ3) is 2.76. The lowest BCUT2D eigenvalue weighted by Gasteiger charge is -2.33. The third-order valence-electron chi connectivity index (χ3n) is 2.72. The molecule has 0 bridgehead atoms. The Bertz CT molecular complexity index is 329. The number of aliphatic hydroxyl groups is 2. The minimum Gasteiger partial charge on any atom is -0.799 e. The minimum atomic E-state index is -2.31. The van der Waals surface area contributed by atoms with E-state index in [9.17, 15) is 10.2 Å². The van der Waals surface area contributed by atoms with E-state index in [0.29, 0.717) is 11.7 Å². The maximum absolute atomic E-state index is 11.5. The number of aliphatic hydroxyl groups excluding tert-OH is 2. The molecule has 3 nitrogen and oxygen atoms in total. The summed E-state index contributed by atoms with van der Waals surface area (Å²) >= 11 is 4.19. The second kappa shape index (κ2) is 5.99. The molecule has 0 aliphatic carbocycles. The highest BCUT2D eigenvalue weighted by Gasteiger charge is 2.40. The highest BCUT2D eigenvalue weighted by Crippen LogP contribution is 2.59. The molecule has 90 valence electrons. The lowest BCUT2D eigenvalue weighted by molar-refractivity contribution is -0.447. The van der Waals surface area contributed by atoms with E-state index in [4.69, 9.17) is 5.11 Å². The van der Waals surface area contributed by atoms with Crippen LogP contribution in [0.2, 0.25) is 0 Å². The van der Waals surface area contributed by atoms with Gasteiger partial charge in [-0.3, -0.25) is 0 Å². The molecule has 2 atom stereocenters. The molecule has 5 heteroatoms. The van der Waals surface area contributed by atoms with Gasteiger partial charge >= 0.3 is 0 Å². The van der Waals surface area contributed by atoms with Gasteiger partial charge in [-0.1, -0.05) is 17.7 Å². The van der Waals surface area contributed by atoms with Gasteiger partial charge in [0, 0.05) is 0 Å². The first-order valence-corrected chi connectivity index (χ1v) is 7.92. The Balaban J connectivity index is 3.13. The van der Waals surface area contributed by atoms with E-state index in [1.807, 2.05) is 31.2 Å². The van der Waals surface area contributed by atoms with Gasteiger partial charge < -0.3 is 15.3 Å². The fourth-order valence-electron chi connectivity index (χ4n) is 1.61.